The number of hydrogen-bond acceptors (Lipinski definition) is 4. The minimum atomic E-state index is 0.841. The van der Waals surface area contributed by atoms with Crippen LogP contribution in [-0.4, -0.2) is 23.2 Å². The summed E-state index contributed by atoms with van der Waals surface area (Å²) in [5, 5.41) is 5.31. The van der Waals surface area contributed by atoms with Crippen molar-refractivity contribution < 1.29 is 0 Å². The zero-order chi connectivity index (χ0) is 14.4. The lowest BCUT2D eigenvalue weighted by atomic mass is 10.1. The summed E-state index contributed by atoms with van der Waals surface area (Å²) in [6.45, 7) is 4.14. The van der Waals surface area contributed by atoms with Gasteiger partial charge in [0.15, 0.2) is 5.17 Å². The first-order chi connectivity index (χ1) is 10.3. The summed E-state index contributed by atoms with van der Waals surface area (Å²) in [5.74, 6) is 0. The van der Waals surface area contributed by atoms with Gasteiger partial charge in [-0.3, -0.25) is 4.99 Å². The molecular formula is C16H15ClN2S2. The number of benzene rings is 1. The molecule has 3 heterocycles. The molecule has 0 unspecified atom stereocenters. The van der Waals surface area contributed by atoms with E-state index < -0.39 is 0 Å². The molecule has 108 valence electrons. The number of allylic oxidation sites excluding steroid dienone is 1. The van der Waals surface area contributed by atoms with Crippen LogP contribution in [0.1, 0.15) is 25.3 Å². The average Bonchev–Trinajstić information content (AvgIpc) is 3.15. The first-order valence-corrected chi connectivity index (χ1v) is 9.26. The third kappa shape index (κ3) is 2.12. The number of fused-ring (bicyclic) bond motifs is 2. The number of hydrogen-bond donors (Lipinski definition) is 0. The molecule has 0 bridgehead atoms. The van der Waals surface area contributed by atoms with Gasteiger partial charge in [-0.15, -0.1) is 11.3 Å². The molecule has 0 fully saturated rings. The van der Waals surface area contributed by atoms with Crippen LogP contribution < -0.4 is 0 Å². The van der Waals surface area contributed by atoms with Gasteiger partial charge in [0.1, 0.15) is 0 Å². The van der Waals surface area contributed by atoms with E-state index in [1.54, 1.807) is 11.3 Å². The van der Waals surface area contributed by atoms with Gasteiger partial charge in [-0.1, -0.05) is 36.7 Å². The molecule has 2 aliphatic rings. The van der Waals surface area contributed by atoms with Gasteiger partial charge in [-0.05, 0) is 30.0 Å². The van der Waals surface area contributed by atoms with Crippen molar-refractivity contribution in [1.29, 1.82) is 0 Å². The number of thioether (sulfide) groups is 1. The van der Waals surface area contributed by atoms with E-state index in [0.717, 1.165) is 36.3 Å². The second-order valence-electron chi connectivity index (χ2n) is 5.20. The molecule has 2 aromatic rings. The molecule has 0 atom stereocenters. The van der Waals surface area contributed by atoms with Crippen LogP contribution in [0.5, 0.6) is 0 Å². The van der Waals surface area contributed by atoms with Crippen LogP contribution in [-0.2, 0) is 0 Å². The predicted octanol–water partition coefficient (Wildman–Crippen LogP) is 5.44. The molecule has 0 amide bonds. The Hall–Kier alpha value is -0.970. The summed E-state index contributed by atoms with van der Waals surface area (Å²) in [6, 6.07) is 6.32. The van der Waals surface area contributed by atoms with Crippen molar-refractivity contribution in [1.82, 2.24) is 4.90 Å². The average molecular weight is 335 g/mol. The first kappa shape index (κ1) is 13.7. The van der Waals surface area contributed by atoms with Crippen molar-refractivity contribution in [2.75, 3.05) is 13.1 Å². The van der Waals surface area contributed by atoms with Crippen molar-refractivity contribution in [3.05, 3.63) is 39.1 Å². The van der Waals surface area contributed by atoms with Gasteiger partial charge in [0.25, 0.3) is 0 Å². The highest BCUT2D eigenvalue weighted by atomic mass is 35.5. The van der Waals surface area contributed by atoms with E-state index in [0.29, 0.717) is 0 Å². The smallest absolute Gasteiger partial charge is 0.168 e. The lowest BCUT2D eigenvalue weighted by molar-refractivity contribution is 0.646. The van der Waals surface area contributed by atoms with Gasteiger partial charge in [0.2, 0.25) is 0 Å². The van der Waals surface area contributed by atoms with Crippen molar-refractivity contribution in [2.45, 2.75) is 19.8 Å². The predicted molar refractivity (Wildman–Crippen MR) is 95.3 cm³/mol. The summed E-state index contributed by atoms with van der Waals surface area (Å²) in [4.78, 5) is 8.47. The van der Waals surface area contributed by atoms with E-state index in [2.05, 4.69) is 34.3 Å². The Morgan fingerprint density at radius 1 is 1.33 bits per heavy atom. The Bertz CT molecular complexity index is 776. The Labute approximate surface area is 137 Å². The Morgan fingerprint density at radius 2 is 2.24 bits per heavy atom. The van der Waals surface area contributed by atoms with Gasteiger partial charge in [0, 0.05) is 32.1 Å². The first-order valence-electron chi connectivity index (χ1n) is 7.18. The van der Waals surface area contributed by atoms with Crippen LogP contribution in [0.4, 0.5) is 0 Å². The number of rotatable bonds is 3. The molecule has 0 radical (unpaired) electrons. The Morgan fingerprint density at radius 3 is 3.10 bits per heavy atom. The number of aliphatic imine (C=N–C) groups is 1. The third-order valence-electron chi connectivity index (χ3n) is 3.85. The summed E-state index contributed by atoms with van der Waals surface area (Å²) < 4.78 is 1.29. The highest BCUT2D eigenvalue weighted by molar-refractivity contribution is 8.17. The fourth-order valence-electron chi connectivity index (χ4n) is 2.94. The van der Waals surface area contributed by atoms with Crippen molar-refractivity contribution in [2.24, 2.45) is 4.99 Å². The molecule has 0 aliphatic carbocycles. The SMILES string of the molecule is CCCC1=C(c2ccc(Cl)c3ccsc23)N2CCN=C2S1. The quantitative estimate of drug-likeness (QED) is 0.742. The summed E-state index contributed by atoms with van der Waals surface area (Å²) in [7, 11) is 0. The molecule has 1 aromatic carbocycles. The van der Waals surface area contributed by atoms with Crippen LogP contribution in [0.15, 0.2) is 33.5 Å². The van der Waals surface area contributed by atoms with Gasteiger partial charge >= 0.3 is 0 Å². The maximum atomic E-state index is 6.33. The van der Waals surface area contributed by atoms with Crippen molar-refractivity contribution in [3.63, 3.8) is 0 Å². The fourth-order valence-corrected chi connectivity index (χ4v) is 5.44. The van der Waals surface area contributed by atoms with Gasteiger partial charge in [-0.2, -0.15) is 0 Å². The molecule has 21 heavy (non-hydrogen) atoms. The summed E-state index contributed by atoms with van der Waals surface area (Å²) >= 11 is 9.96. The second-order valence-corrected chi connectivity index (χ2v) is 7.58. The number of halogens is 1. The molecule has 0 saturated heterocycles. The van der Waals surface area contributed by atoms with Gasteiger partial charge in [0.05, 0.1) is 12.2 Å². The minimum Gasteiger partial charge on any atom is -0.318 e. The molecule has 2 aliphatic heterocycles. The molecule has 0 spiro atoms. The molecule has 2 nitrogen and oxygen atoms in total. The summed E-state index contributed by atoms with van der Waals surface area (Å²) in [6.07, 6.45) is 2.28. The molecule has 1 aromatic heterocycles. The molecule has 0 N–H and O–H groups in total. The zero-order valence-electron chi connectivity index (χ0n) is 11.7. The number of thiophene rings is 1. The van der Waals surface area contributed by atoms with E-state index in [1.807, 2.05) is 17.8 Å². The Balaban J connectivity index is 1.92. The van der Waals surface area contributed by atoms with E-state index in [1.165, 1.54) is 26.0 Å². The van der Waals surface area contributed by atoms with Crippen LogP contribution in [0.2, 0.25) is 5.02 Å². The van der Waals surface area contributed by atoms with E-state index in [9.17, 15) is 0 Å². The van der Waals surface area contributed by atoms with Crippen LogP contribution >= 0.6 is 34.7 Å². The maximum absolute atomic E-state index is 6.33. The van der Waals surface area contributed by atoms with Crippen molar-refractivity contribution >= 4 is 55.7 Å². The van der Waals surface area contributed by atoms with Gasteiger partial charge < -0.3 is 4.90 Å². The van der Waals surface area contributed by atoms with E-state index in [-0.39, 0.29) is 0 Å². The zero-order valence-corrected chi connectivity index (χ0v) is 14.1. The summed E-state index contributed by atoms with van der Waals surface area (Å²) in [5.41, 5.74) is 2.68. The molecule has 5 heteroatoms. The van der Waals surface area contributed by atoms with E-state index in [4.69, 9.17) is 11.6 Å². The molecule has 0 saturated carbocycles. The normalized spacial score (nSPS) is 17.8. The van der Waals surface area contributed by atoms with Gasteiger partial charge in [-0.25, -0.2) is 0 Å². The fraction of sp³-hybridized carbons (Fsp3) is 0.312. The monoisotopic (exact) mass is 334 g/mol. The number of amidine groups is 1. The highest BCUT2D eigenvalue weighted by Crippen LogP contribution is 2.46. The van der Waals surface area contributed by atoms with Crippen LogP contribution in [0.25, 0.3) is 15.8 Å². The topological polar surface area (TPSA) is 15.6 Å². The number of nitrogens with zero attached hydrogens (tertiary/aromatic N) is 2. The standard InChI is InChI=1S/C16H15ClN2S2/c1-2-3-13-14(19-8-7-18-16(19)21-13)11-4-5-12(17)10-6-9-20-15(10)11/h4-6,9H,2-3,7-8H2,1H3. The maximum Gasteiger partial charge on any atom is 0.168 e. The third-order valence-corrected chi connectivity index (χ3v) is 6.30. The molecule has 4 rings (SSSR count). The second kappa shape index (κ2) is 5.34. The van der Waals surface area contributed by atoms with Crippen LogP contribution in [0, 0.1) is 0 Å². The lowest BCUT2D eigenvalue weighted by Gasteiger charge is -2.18. The minimum absolute atomic E-state index is 0.841. The van der Waals surface area contributed by atoms with E-state index >= 15 is 0 Å². The lowest BCUT2D eigenvalue weighted by Crippen LogP contribution is -2.20. The Kier molecular flexibility index (Phi) is 3.48. The van der Waals surface area contributed by atoms with Crippen molar-refractivity contribution in [3.8, 4) is 0 Å². The van der Waals surface area contributed by atoms with Crippen LogP contribution in [0.3, 0.4) is 0 Å². The largest absolute Gasteiger partial charge is 0.318 e. The molecular weight excluding hydrogens is 320 g/mol. The highest BCUT2D eigenvalue weighted by Gasteiger charge is 2.33.